The number of phosphoric acid groups is 1. The molecule has 0 bridgehead atoms. The van der Waals surface area contributed by atoms with E-state index in [-0.39, 0.29) is 29.4 Å². The summed E-state index contributed by atoms with van der Waals surface area (Å²) in [6.07, 6.45) is -6.36. The molecule has 2 aliphatic rings. The van der Waals surface area contributed by atoms with Crippen molar-refractivity contribution in [2.75, 3.05) is 24.7 Å². The van der Waals surface area contributed by atoms with Crippen LogP contribution < -0.4 is 22.7 Å². The zero-order valence-corrected chi connectivity index (χ0v) is 20.8. The predicted octanol–water partition coefficient (Wildman–Crippen LogP) is -3.06. The number of nitrogens with one attached hydrogen (secondary N) is 1. The Labute approximate surface area is 217 Å². The highest BCUT2D eigenvalue weighted by atomic mass is 31.2. The van der Waals surface area contributed by atoms with Gasteiger partial charge in [0.25, 0.3) is 5.56 Å². The van der Waals surface area contributed by atoms with Gasteiger partial charge < -0.3 is 41.2 Å². The monoisotopic (exact) mass is 572 g/mol. The van der Waals surface area contributed by atoms with Crippen LogP contribution in [0.5, 0.6) is 0 Å². The highest BCUT2D eigenvalue weighted by molar-refractivity contribution is 7.47. The number of hydrogen-bond acceptors (Lipinski definition) is 15. The van der Waals surface area contributed by atoms with Crippen LogP contribution in [0.25, 0.3) is 11.2 Å². The lowest BCUT2D eigenvalue weighted by atomic mass is 10.1. The normalized spacial score (nSPS) is 30.6. The molecule has 5 rings (SSSR count). The third kappa shape index (κ3) is 5.44. The number of aromatic amines is 1. The summed E-state index contributed by atoms with van der Waals surface area (Å²) in [5.41, 5.74) is 9.60. The van der Waals surface area contributed by atoms with Crippen molar-refractivity contribution in [2.24, 2.45) is 0 Å². The van der Waals surface area contributed by atoms with Crippen LogP contribution in [0, 0.1) is 0 Å². The predicted molar refractivity (Wildman–Crippen MR) is 128 cm³/mol. The van der Waals surface area contributed by atoms with E-state index in [0.29, 0.717) is 0 Å². The molecule has 212 valence electrons. The third-order valence-corrected chi connectivity index (χ3v) is 7.18. The lowest BCUT2D eigenvalue weighted by Crippen LogP contribution is -2.33. The molecule has 0 aliphatic carbocycles. The molecule has 19 nitrogen and oxygen atoms in total. The number of anilines is 2. The lowest BCUT2D eigenvalue weighted by Gasteiger charge is -2.20. The summed E-state index contributed by atoms with van der Waals surface area (Å²) in [5.74, 6) is -0.196. The second kappa shape index (κ2) is 10.4. The van der Waals surface area contributed by atoms with E-state index in [4.69, 9.17) is 30.0 Å². The molecule has 0 amide bonds. The summed E-state index contributed by atoms with van der Waals surface area (Å²) in [6, 6.07) is 1.37. The van der Waals surface area contributed by atoms with Crippen molar-refractivity contribution in [3.63, 3.8) is 0 Å². The summed E-state index contributed by atoms with van der Waals surface area (Å²) in [6.45, 7) is -1.26. The Hall–Kier alpha value is -3.26. The molecular weight excluding hydrogens is 547 g/mol. The van der Waals surface area contributed by atoms with Crippen LogP contribution in [0.1, 0.15) is 18.9 Å². The number of ether oxygens (including phenoxy) is 2. The van der Waals surface area contributed by atoms with E-state index in [1.165, 1.54) is 16.8 Å². The molecule has 2 saturated heterocycles. The van der Waals surface area contributed by atoms with Gasteiger partial charge in [0, 0.05) is 12.6 Å². The van der Waals surface area contributed by atoms with E-state index in [0.717, 1.165) is 10.9 Å². The van der Waals surface area contributed by atoms with Gasteiger partial charge in [0.15, 0.2) is 17.4 Å². The number of nitrogens with zero attached hydrogens (tertiary/aromatic N) is 5. The van der Waals surface area contributed by atoms with Gasteiger partial charge in [-0.15, -0.1) is 0 Å². The van der Waals surface area contributed by atoms with Crippen LogP contribution in [0.15, 0.2) is 28.2 Å². The maximum atomic E-state index is 12.4. The molecule has 3 aromatic rings. The number of H-pyrrole nitrogens is 1. The third-order valence-electron chi connectivity index (χ3n) is 6.23. The van der Waals surface area contributed by atoms with Gasteiger partial charge in [-0.1, -0.05) is 0 Å². The molecule has 3 aromatic heterocycles. The van der Waals surface area contributed by atoms with Crippen molar-refractivity contribution < 1.29 is 43.3 Å². The van der Waals surface area contributed by atoms with Gasteiger partial charge in [0.1, 0.15) is 36.5 Å². The van der Waals surface area contributed by atoms with Crippen LogP contribution in [-0.4, -0.2) is 93.0 Å². The Morgan fingerprint density at radius 3 is 2.51 bits per heavy atom. The number of nitrogen functional groups attached to an aromatic ring is 2. The molecule has 0 saturated carbocycles. The summed E-state index contributed by atoms with van der Waals surface area (Å²) >= 11 is 0. The fourth-order valence-corrected chi connectivity index (χ4v) is 5.02. The molecule has 20 heteroatoms. The molecule has 0 spiro atoms. The van der Waals surface area contributed by atoms with Crippen LogP contribution in [-0.2, 0) is 23.1 Å². The molecule has 0 aromatic carbocycles. The van der Waals surface area contributed by atoms with Gasteiger partial charge in [-0.05, 0) is 6.07 Å². The number of hydrogen-bond donors (Lipinski definition) is 7. The van der Waals surface area contributed by atoms with Gasteiger partial charge in [-0.25, -0.2) is 14.3 Å². The minimum Gasteiger partial charge on any atom is -0.390 e. The van der Waals surface area contributed by atoms with E-state index in [1.54, 1.807) is 0 Å². The first kappa shape index (κ1) is 27.3. The number of aliphatic hydroxyl groups is 3. The second-order valence-electron chi connectivity index (χ2n) is 8.86. The summed E-state index contributed by atoms with van der Waals surface area (Å²) in [5, 5.41) is 31.2. The molecule has 1 unspecified atom stereocenters. The zero-order chi connectivity index (χ0) is 28.1. The Bertz CT molecular complexity index is 1530. The largest absolute Gasteiger partial charge is 0.472 e. The molecule has 39 heavy (non-hydrogen) atoms. The first-order valence-electron chi connectivity index (χ1n) is 11.5. The van der Waals surface area contributed by atoms with Crippen LogP contribution in [0.3, 0.4) is 0 Å². The Morgan fingerprint density at radius 2 is 1.79 bits per heavy atom. The second-order valence-corrected chi connectivity index (χ2v) is 10.3. The highest BCUT2D eigenvalue weighted by Crippen LogP contribution is 2.45. The maximum absolute atomic E-state index is 12.4. The topological polar surface area (TPSA) is 285 Å². The fourth-order valence-electron chi connectivity index (χ4n) is 4.28. The quantitative estimate of drug-likeness (QED) is 0.132. The van der Waals surface area contributed by atoms with Gasteiger partial charge >= 0.3 is 13.5 Å². The first-order chi connectivity index (χ1) is 18.4. The smallest absolute Gasteiger partial charge is 0.390 e. The number of aromatic nitrogens is 6. The molecule has 2 aliphatic heterocycles. The van der Waals surface area contributed by atoms with Gasteiger partial charge in [-0.2, -0.15) is 9.97 Å². The lowest BCUT2D eigenvalue weighted by molar-refractivity contribution is -0.0597. The Balaban J connectivity index is 1.18. The maximum Gasteiger partial charge on any atom is 0.472 e. The number of imidazole rings is 1. The standard InChI is InChI=1S/C19H25N8O11P/c20-10-1-2-26(19(32)23-10)11-3-7(28)8(37-11)4-35-39(33,34)36-5-9-13(29)14(30)17(38-9)27-6-22-12-15(27)24-18(21)25-16(12)31/h1-2,6-9,11,13-14,17,28-30H,3-5H2,(H,33,34)(H2,20,23,32)(H3,21,24,25,31)/t7-,8+,9+,11+,13+,14+,17+/m0/s1. The number of aliphatic hydroxyl groups excluding tert-OH is 3. The molecule has 2 fully saturated rings. The SMILES string of the molecule is Nc1ccn([C@H]2C[C@H](O)[C@@H](COP(=O)(O)OC[C@H]3O[C@@H](n4cnc5c(=O)[nH]c(N)nc54)[C@H](O)[C@@H]3O)O2)c(=O)n1. The minimum absolute atomic E-state index is 0.0123. The van der Waals surface area contributed by atoms with Gasteiger partial charge in [0.05, 0.1) is 25.6 Å². The summed E-state index contributed by atoms with van der Waals surface area (Å²) in [4.78, 5) is 47.8. The van der Waals surface area contributed by atoms with Crippen LogP contribution in [0.2, 0.25) is 0 Å². The number of phosphoric ester groups is 1. The van der Waals surface area contributed by atoms with Gasteiger partial charge in [-0.3, -0.25) is 28.0 Å². The molecule has 5 heterocycles. The van der Waals surface area contributed by atoms with Gasteiger partial charge in [0.2, 0.25) is 5.95 Å². The average Bonchev–Trinajstić information content (AvgIpc) is 3.53. The van der Waals surface area contributed by atoms with Crippen molar-refractivity contribution in [3.05, 3.63) is 39.4 Å². The van der Waals surface area contributed by atoms with E-state index in [1.807, 2.05) is 0 Å². The minimum atomic E-state index is -4.76. The molecular formula is C19H25N8O11P. The highest BCUT2D eigenvalue weighted by Gasteiger charge is 2.46. The molecule has 8 atom stereocenters. The number of rotatable bonds is 8. The average molecular weight is 572 g/mol. The Morgan fingerprint density at radius 1 is 1.08 bits per heavy atom. The van der Waals surface area contributed by atoms with Crippen LogP contribution in [0.4, 0.5) is 11.8 Å². The van der Waals surface area contributed by atoms with Crippen molar-refractivity contribution in [3.8, 4) is 0 Å². The van der Waals surface area contributed by atoms with Crippen LogP contribution >= 0.6 is 7.82 Å². The number of nitrogens with two attached hydrogens (primary N) is 2. The fraction of sp³-hybridized carbons (Fsp3) is 0.526. The zero-order valence-electron chi connectivity index (χ0n) is 19.9. The van der Waals surface area contributed by atoms with E-state index < -0.39 is 75.3 Å². The summed E-state index contributed by atoms with van der Waals surface area (Å²) < 4.78 is 35.7. The van der Waals surface area contributed by atoms with E-state index in [9.17, 15) is 34.4 Å². The van der Waals surface area contributed by atoms with Crippen molar-refractivity contribution >= 4 is 30.8 Å². The Kier molecular flexibility index (Phi) is 7.27. The van der Waals surface area contributed by atoms with E-state index in [2.05, 4.69) is 19.9 Å². The van der Waals surface area contributed by atoms with Crippen molar-refractivity contribution in [1.29, 1.82) is 0 Å². The number of fused-ring (bicyclic) bond motifs is 1. The molecule has 0 radical (unpaired) electrons. The summed E-state index contributed by atoms with van der Waals surface area (Å²) in [7, 11) is -4.76. The van der Waals surface area contributed by atoms with E-state index >= 15 is 0 Å². The van der Waals surface area contributed by atoms with Crippen molar-refractivity contribution in [1.82, 2.24) is 29.1 Å². The molecule has 9 N–H and O–H groups in total. The van der Waals surface area contributed by atoms with Crippen molar-refractivity contribution in [2.45, 2.75) is 49.4 Å². The first-order valence-corrected chi connectivity index (χ1v) is 13.0.